The number of rotatable bonds is 13. The Hall–Kier alpha value is -7.55. The number of aliphatic carboxylic acids is 1. The van der Waals surface area contributed by atoms with Crippen LogP contribution in [0.25, 0.3) is 26.4 Å². The third-order valence-electron chi connectivity index (χ3n) is 14.7. The van der Waals surface area contributed by atoms with Crippen molar-refractivity contribution in [2.45, 2.75) is 105 Å². The molecule has 4 amide bonds. The highest BCUT2D eigenvalue weighted by atomic mass is 32.1. The molecule has 2 fully saturated rings. The van der Waals surface area contributed by atoms with E-state index in [0.29, 0.717) is 53.5 Å². The van der Waals surface area contributed by atoms with Gasteiger partial charge in [-0.2, -0.15) is 0 Å². The number of carbonyl (C=O) groups is 5. The minimum Gasteiger partial charge on any atom is -0.481 e. The van der Waals surface area contributed by atoms with Crippen LogP contribution in [0.3, 0.4) is 0 Å². The fraction of sp³-hybridized carbons (Fsp3) is 0.375. The topological polar surface area (TPSA) is 237 Å². The normalized spacial score (nSPS) is 19.1. The molecule has 3 aromatic carbocycles. The summed E-state index contributed by atoms with van der Waals surface area (Å²) in [6.45, 7) is 16.3. The fourth-order valence-electron chi connectivity index (χ4n) is 10.4. The minimum absolute atomic E-state index is 0.0365. The largest absolute Gasteiger partial charge is 0.481 e. The summed E-state index contributed by atoms with van der Waals surface area (Å²) in [6, 6.07) is 19.4. The van der Waals surface area contributed by atoms with Gasteiger partial charge in [0.25, 0.3) is 5.91 Å². The van der Waals surface area contributed by atoms with E-state index in [-0.39, 0.29) is 43.0 Å². The molecular formula is C56H60N10O8S2. The number of hydrogen-bond acceptors (Lipinski definition) is 14. The zero-order chi connectivity index (χ0) is 53.9. The molecule has 0 radical (unpaired) electrons. The molecule has 0 spiro atoms. The number of benzene rings is 3. The number of thiophene rings is 1. The highest BCUT2D eigenvalue weighted by Gasteiger charge is 2.45. The van der Waals surface area contributed by atoms with Gasteiger partial charge in [-0.1, -0.05) is 57.2 Å². The van der Waals surface area contributed by atoms with Crippen molar-refractivity contribution in [1.29, 1.82) is 0 Å². The monoisotopic (exact) mass is 1060 g/mol. The van der Waals surface area contributed by atoms with Gasteiger partial charge in [-0.05, 0) is 99.5 Å². The zero-order valence-corrected chi connectivity index (χ0v) is 45.1. The Bertz CT molecular complexity index is 3440. The van der Waals surface area contributed by atoms with Crippen LogP contribution in [0.4, 0.5) is 11.4 Å². The lowest BCUT2D eigenvalue weighted by Crippen LogP contribution is -2.57. The van der Waals surface area contributed by atoms with Crippen molar-refractivity contribution in [2.75, 3.05) is 29.9 Å². The third-order valence-corrected chi connectivity index (χ3v) is 16.9. The first kappa shape index (κ1) is 51.9. The van der Waals surface area contributed by atoms with Gasteiger partial charge in [0.1, 0.15) is 34.5 Å². The number of carbonyl (C=O) groups excluding carboxylic acids is 4. The van der Waals surface area contributed by atoms with Crippen LogP contribution in [0.2, 0.25) is 0 Å². The molecule has 0 aliphatic carbocycles. The summed E-state index contributed by atoms with van der Waals surface area (Å²) in [7, 11) is 0. The second kappa shape index (κ2) is 20.5. The van der Waals surface area contributed by atoms with Crippen molar-refractivity contribution < 1.29 is 38.6 Å². The fourth-order valence-corrected chi connectivity index (χ4v) is 12.4. The Morgan fingerprint density at radius 2 is 1.63 bits per heavy atom. The molecule has 0 unspecified atom stereocenters. The van der Waals surface area contributed by atoms with Crippen molar-refractivity contribution in [3.63, 3.8) is 0 Å². The number of aliphatic hydroxyl groups is 1. The van der Waals surface area contributed by atoms with E-state index >= 15 is 0 Å². The average Bonchev–Trinajstić information content (AvgIpc) is 4.28. The van der Waals surface area contributed by atoms with E-state index in [0.717, 1.165) is 54.0 Å². The lowest BCUT2D eigenvalue weighted by molar-refractivity contribution is -0.142. The third kappa shape index (κ3) is 10.2. The smallest absolute Gasteiger partial charge is 0.306 e. The van der Waals surface area contributed by atoms with Gasteiger partial charge in [-0.3, -0.25) is 33.5 Å². The number of fused-ring (bicyclic) bond motifs is 4. The second-order valence-corrected chi connectivity index (χ2v) is 23.2. The molecule has 2 saturated heterocycles. The van der Waals surface area contributed by atoms with Crippen LogP contribution in [-0.2, 0) is 19.2 Å². The summed E-state index contributed by atoms with van der Waals surface area (Å²) in [5.41, 5.74) is 9.28. The van der Waals surface area contributed by atoms with Gasteiger partial charge in [0, 0.05) is 58.8 Å². The zero-order valence-electron chi connectivity index (χ0n) is 43.5. The van der Waals surface area contributed by atoms with Crippen molar-refractivity contribution in [1.82, 2.24) is 35.3 Å². The first-order valence-electron chi connectivity index (χ1n) is 25.3. The highest BCUT2D eigenvalue weighted by molar-refractivity contribution is 7.15. The number of β-amino-alcohol motifs (C(OH)–C–C–N with tert-alkyl or cyclic N) is 1. The highest BCUT2D eigenvalue weighted by Crippen LogP contribution is 2.40. The number of aliphatic hydroxyl groups excluding tert-OH is 1. The molecule has 0 bridgehead atoms. The van der Waals surface area contributed by atoms with Crippen molar-refractivity contribution >= 4 is 80.3 Å². The lowest BCUT2D eigenvalue weighted by Gasteiger charge is -2.35. The summed E-state index contributed by atoms with van der Waals surface area (Å²) >= 11 is 3.17. The van der Waals surface area contributed by atoms with Gasteiger partial charge in [0.15, 0.2) is 11.6 Å². The summed E-state index contributed by atoms with van der Waals surface area (Å²) < 4.78 is 7.92. The lowest BCUT2D eigenvalue weighted by atomic mass is 9.85. The molecule has 6 atom stereocenters. The second-order valence-electron chi connectivity index (χ2n) is 21.1. The number of aryl methyl sites for hydroxylation is 3. The van der Waals surface area contributed by atoms with E-state index in [1.807, 2.05) is 100 Å². The standard InChI is InChI=1S/C56H60N10O8S2/c1-28-31(4)76-55-46(28)47(60-41(24-45(68)69)50-63-62-32(5)66(50)55)34-13-16-39(17-14-34)64-20-19-36(25-64)51(70)59-38-15-18-43-37(21-38)22-44(74-43)53(72)61-49(56(6,7)8)54(73)65-26-40(67)23-42(65)52(71)58-29(2)33-9-11-35(12-10-33)48-30(3)57-27-75-48/h9-18,21-22,27,29,36,40-42,49,67H,19-20,23-26H2,1-8H3,(H,58,71)(H,59,70)(H,61,72)(H,68,69)/t29-,36+,40+,41-,42-,49+/m0/s1. The number of thiazole rings is 1. The molecule has 7 heterocycles. The number of anilines is 2. The predicted octanol–water partition coefficient (Wildman–Crippen LogP) is 8.25. The maximum atomic E-state index is 14.4. The average molecular weight is 1070 g/mol. The first-order chi connectivity index (χ1) is 36.2. The van der Waals surface area contributed by atoms with E-state index in [4.69, 9.17) is 9.41 Å². The number of carboxylic acids is 1. The van der Waals surface area contributed by atoms with E-state index in [2.05, 4.69) is 49.9 Å². The number of hydrogen-bond donors (Lipinski definition) is 5. The van der Waals surface area contributed by atoms with E-state index < -0.39 is 53.3 Å². The predicted molar refractivity (Wildman–Crippen MR) is 291 cm³/mol. The Kier molecular flexibility index (Phi) is 14.0. The Labute approximate surface area is 447 Å². The van der Waals surface area contributed by atoms with Crippen LogP contribution in [0.1, 0.15) is 114 Å². The molecule has 0 saturated carbocycles. The van der Waals surface area contributed by atoms with Gasteiger partial charge in [0.05, 0.1) is 46.3 Å². The maximum absolute atomic E-state index is 14.4. The molecule has 4 aromatic heterocycles. The molecule has 394 valence electrons. The van der Waals surface area contributed by atoms with Crippen molar-refractivity contribution in [3.8, 4) is 15.4 Å². The Balaban J connectivity index is 0.773. The van der Waals surface area contributed by atoms with E-state index in [1.54, 1.807) is 46.9 Å². The first-order valence-corrected chi connectivity index (χ1v) is 27.0. The quantitative estimate of drug-likeness (QED) is 0.0734. The number of aliphatic imine (C=N–C) groups is 1. The molecule has 3 aliphatic heterocycles. The molecule has 10 rings (SSSR count). The maximum Gasteiger partial charge on any atom is 0.306 e. The van der Waals surface area contributed by atoms with E-state index in [1.165, 1.54) is 4.90 Å². The Morgan fingerprint density at radius 3 is 2.33 bits per heavy atom. The van der Waals surface area contributed by atoms with Crippen LogP contribution in [0.15, 0.2) is 87.7 Å². The summed E-state index contributed by atoms with van der Waals surface area (Å²) in [6.07, 6.45) is -0.482. The van der Waals surface area contributed by atoms with Crippen LogP contribution in [0.5, 0.6) is 0 Å². The number of amides is 4. The van der Waals surface area contributed by atoms with Gasteiger partial charge in [-0.15, -0.1) is 32.9 Å². The molecule has 7 aromatic rings. The van der Waals surface area contributed by atoms with Crippen LogP contribution in [0, 0.1) is 39.0 Å². The van der Waals surface area contributed by atoms with Crippen LogP contribution in [-0.4, -0.2) is 108 Å². The minimum atomic E-state index is -1.08. The SMILES string of the molecule is Cc1ncsc1-c1ccc([C@H](C)NC(=O)[C@@H]2C[C@@H](O)CN2C(=O)[C@@H](NC(=O)c2cc3cc(NC(=O)[C@@H]4CCN(c5ccc(C6=N[C@@H](CC(=O)O)c7nnc(C)n7-c7sc(C)c(C)c76)cc5)C4)ccc3o2)C(C)(C)C)cc1. The van der Waals surface area contributed by atoms with Crippen molar-refractivity contribution in [2.24, 2.45) is 16.3 Å². The number of aromatic nitrogens is 4. The van der Waals surface area contributed by atoms with Gasteiger partial charge in [0.2, 0.25) is 17.7 Å². The van der Waals surface area contributed by atoms with Gasteiger partial charge in [-0.25, -0.2) is 4.98 Å². The van der Waals surface area contributed by atoms with Gasteiger partial charge < -0.3 is 40.4 Å². The number of likely N-dealkylation sites (tertiary alicyclic amines) is 1. The van der Waals surface area contributed by atoms with E-state index in [9.17, 15) is 34.2 Å². The van der Waals surface area contributed by atoms with Gasteiger partial charge >= 0.3 is 5.97 Å². The molecule has 76 heavy (non-hydrogen) atoms. The van der Waals surface area contributed by atoms with Crippen LogP contribution < -0.4 is 20.9 Å². The summed E-state index contributed by atoms with van der Waals surface area (Å²) in [4.78, 5) is 83.1. The molecule has 5 N–H and O–H groups in total. The molecular weight excluding hydrogens is 1000 g/mol. The molecule has 3 aliphatic rings. The summed E-state index contributed by atoms with van der Waals surface area (Å²) in [5.74, 6) is -1.85. The number of carboxylic acid groups (broad SMARTS) is 1. The number of nitrogens with one attached hydrogen (secondary N) is 3. The molecule has 20 heteroatoms. The molecule has 18 nitrogen and oxygen atoms in total. The van der Waals surface area contributed by atoms with Crippen LogP contribution >= 0.6 is 22.7 Å². The number of nitrogens with zero attached hydrogens (tertiary/aromatic N) is 7. The summed E-state index contributed by atoms with van der Waals surface area (Å²) in [5, 5.41) is 39.7. The Morgan fingerprint density at radius 1 is 0.895 bits per heavy atom. The number of furan rings is 1. The van der Waals surface area contributed by atoms with Crippen molar-refractivity contribution in [3.05, 3.63) is 129 Å².